The van der Waals surface area contributed by atoms with Crippen LogP contribution in [0, 0.1) is 12.3 Å². The van der Waals surface area contributed by atoms with Crippen LogP contribution in [0.3, 0.4) is 0 Å². The van der Waals surface area contributed by atoms with Crippen LogP contribution in [0.15, 0.2) is 5.38 Å². The van der Waals surface area contributed by atoms with E-state index >= 15 is 0 Å². The summed E-state index contributed by atoms with van der Waals surface area (Å²) in [6.45, 7) is 6.33. The third kappa shape index (κ3) is 3.34. The van der Waals surface area contributed by atoms with Crippen LogP contribution in [0.1, 0.15) is 43.4 Å². The van der Waals surface area contributed by atoms with Crippen molar-refractivity contribution in [1.29, 1.82) is 0 Å². The van der Waals surface area contributed by atoms with E-state index in [9.17, 15) is 14.7 Å². The number of amides is 2. The van der Waals surface area contributed by atoms with E-state index in [0.717, 1.165) is 17.1 Å². The fraction of sp³-hybridized carbons (Fsp3) is 0.643. The average molecular weight is 311 g/mol. The molecule has 1 aromatic heterocycles. The maximum absolute atomic E-state index is 12.3. The number of aromatic nitrogens is 1. The predicted octanol–water partition coefficient (Wildman–Crippen LogP) is 2.41. The molecule has 21 heavy (non-hydrogen) atoms. The Kier molecular flexibility index (Phi) is 4.51. The van der Waals surface area contributed by atoms with Crippen molar-refractivity contribution in [3.63, 3.8) is 0 Å². The van der Waals surface area contributed by atoms with Gasteiger partial charge < -0.3 is 15.3 Å². The van der Waals surface area contributed by atoms with E-state index in [-0.39, 0.29) is 18.6 Å². The van der Waals surface area contributed by atoms with Gasteiger partial charge in [0, 0.05) is 24.2 Å². The number of aryl methyl sites for hydroxylation is 1. The van der Waals surface area contributed by atoms with E-state index in [0.29, 0.717) is 13.0 Å². The number of likely N-dealkylation sites (tertiary alicyclic amines) is 1. The second-order valence-electron chi connectivity index (χ2n) is 5.77. The number of hydrogen-bond donors (Lipinski definition) is 2. The van der Waals surface area contributed by atoms with Gasteiger partial charge >= 0.3 is 12.0 Å². The highest BCUT2D eigenvalue weighted by Gasteiger charge is 2.42. The third-order valence-electron chi connectivity index (χ3n) is 3.92. The molecule has 2 heterocycles. The molecule has 2 rings (SSSR count). The molecule has 0 saturated carbocycles. The first-order valence-electron chi connectivity index (χ1n) is 7.06. The summed E-state index contributed by atoms with van der Waals surface area (Å²) in [5.74, 6) is -0.847. The van der Waals surface area contributed by atoms with Crippen molar-refractivity contribution in [1.82, 2.24) is 15.2 Å². The highest BCUT2D eigenvalue weighted by Crippen LogP contribution is 2.30. The molecule has 2 amide bonds. The van der Waals surface area contributed by atoms with E-state index < -0.39 is 11.4 Å². The first kappa shape index (κ1) is 15.8. The van der Waals surface area contributed by atoms with Gasteiger partial charge in [-0.25, -0.2) is 9.78 Å². The first-order valence-corrected chi connectivity index (χ1v) is 7.94. The number of carbonyl (C=O) groups is 2. The molecule has 0 spiro atoms. The molecule has 7 heteroatoms. The van der Waals surface area contributed by atoms with E-state index in [4.69, 9.17) is 0 Å². The fourth-order valence-electron chi connectivity index (χ4n) is 2.42. The number of hydrogen-bond acceptors (Lipinski definition) is 4. The Balaban J connectivity index is 2.00. The Labute approximate surface area is 128 Å². The number of rotatable bonds is 4. The van der Waals surface area contributed by atoms with Crippen molar-refractivity contribution in [2.24, 2.45) is 5.41 Å². The van der Waals surface area contributed by atoms with Crippen molar-refractivity contribution in [3.8, 4) is 0 Å². The highest BCUT2D eigenvalue weighted by molar-refractivity contribution is 7.09. The molecule has 1 aliphatic rings. The molecule has 0 radical (unpaired) electrons. The summed E-state index contributed by atoms with van der Waals surface area (Å²) in [5.41, 5.74) is 0.110. The Bertz CT molecular complexity index is 545. The summed E-state index contributed by atoms with van der Waals surface area (Å²) in [7, 11) is 0. The normalized spacial score (nSPS) is 23.1. The molecule has 0 aliphatic carbocycles. The van der Waals surface area contributed by atoms with E-state index in [1.54, 1.807) is 11.8 Å². The lowest BCUT2D eigenvalue weighted by atomic mass is 9.90. The highest BCUT2D eigenvalue weighted by atomic mass is 32.1. The standard InChI is InChI=1S/C14H21N3O3S/c1-4-10(11-15-9(2)7-21-11)16-13(20)17-6-5-14(3,8-17)12(18)19/h7,10H,4-6,8H2,1-3H3,(H,16,20)(H,18,19). The van der Waals surface area contributed by atoms with Crippen LogP contribution in [0.5, 0.6) is 0 Å². The zero-order valence-corrected chi connectivity index (χ0v) is 13.4. The molecule has 0 aromatic carbocycles. The summed E-state index contributed by atoms with van der Waals surface area (Å²) in [6.07, 6.45) is 1.24. The van der Waals surface area contributed by atoms with Gasteiger partial charge in [0.15, 0.2) is 0 Å². The van der Waals surface area contributed by atoms with Gasteiger partial charge in [-0.05, 0) is 26.7 Å². The number of aliphatic carboxylic acids is 1. The number of thiazole rings is 1. The minimum Gasteiger partial charge on any atom is -0.481 e. The molecular formula is C14H21N3O3S. The molecule has 2 atom stereocenters. The SMILES string of the molecule is CCC(NC(=O)N1CCC(C)(C(=O)O)C1)c1nc(C)cs1. The molecule has 0 bridgehead atoms. The number of carboxylic acid groups (broad SMARTS) is 1. The van der Waals surface area contributed by atoms with Gasteiger partial charge in [-0.2, -0.15) is 0 Å². The van der Waals surface area contributed by atoms with Crippen molar-refractivity contribution < 1.29 is 14.7 Å². The minimum absolute atomic E-state index is 0.118. The van der Waals surface area contributed by atoms with Gasteiger partial charge in [-0.1, -0.05) is 6.92 Å². The lowest BCUT2D eigenvalue weighted by Gasteiger charge is -2.23. The number of nitrogens with one attached hydrogen (secondary N) is 1. The van der Waals surface area contributed by atoms with E-state index in [1.807, 2.05) is 19.2 Å². The summed E-state index contributed by atoms with van der Waals surface area (Å²) in [4.78, 5) is 29.5. The molecule has 2 unspecified atom stereocenters. The number of nitrogens with zero attached hydrogens (tertiary/aromatic N) is 2. The van der Waals surface area contributed by atoms with Gasteiger partial charge in [0.05, 0.1) is 11.5 Å². The number of carboxylic acids is 1. The average Bonchev–Trinajstić information content (AvgIpc) is 3.03. The van der Waals surface area contributed by atoms with Gasteiger partial charge in [-0.3, -0.25) is 4.79 Å². The van der Waals surface area contributed by atoms with Gasteiger partial charge in [0.1, 0.15) is 5.01 Å². The molecule has 1 fully saturated rings. The van der Waals surface area contributed by atoms with Crippen LogP contribution < -0.4 is 5.32 Å². The first-order chi connectivity index (χ1) is 9.85. The monoisotopic (exact) mass is 311 g/mol. The second-order valence-corrected chi connectivity index (χ2v) is 6.66. The Morgan fingerprint density at radius 3 is 2.81 bits per heavy atom. The lowest BCUT2D eigenvalue weighted by molar-refractivity contribution is -0.147. The van der Waals surface area contributed by atoms with Crippen LogP contribution in [0.4, 0.5) is 4.79 Å². The van der Waals surface area contributed by atoms with Crippen LogP contribution in [0.2, 0.25) is 0 Å². The Morgan fingerprint density at radius 1 is 1.62 bits per heavy atom. The Morgan fingerprint density at radius 2 is 2.33 bits per heavy atom. The molecule has 6 nitrogen and oxygen atoms in total. The maximum atomic E-state index is 12.3. The number of carbonyl (C=O) groups excluding carboxylic acids is 1. The minimum atomic E-state index is -0.847. The largest absolute Gasteiger partial charge is 0.481 e. The van der Waals surface area contributed by atoms with Gasteiger partial charge in [0.25, 0.3) is 0 Å². The summed E-state index contributed by atoms with van der Waals surface area (Å²) in [6, 6.07) is -0.326. The maximum Gasteiger partial charge on any atom is 0.317 e. The van der Waals surface area contributed by atoms with Crippen molar-refractivity contribution in [3.05, 3.63) is 16.1 Å². The van der Waals surface area contributed by atoms with Gasteiger partial charge in [0.2, 0.25) is 0 Å². The predicted molar refractivity (Wildman–Crippen MR) is 80.3 cm³/mol. The summed E-state index contributed by atoms with van der Waals surface area (Å²) in [5, 5.41) is 15.0. The topological polar surface area (TPSA) is 82.5 Å². The molecular weight excluding hydrogens is 290 g/mol. The van der Waals surface area contributed by atoms with E-state index in [1.165, 1.54) is 11.3 Å². The zero-order valence-electron chi connectivity index (χ0n) is 12.5. The summed E-state index contributed by atoms with van der Waals surface area (Å²) >= 11 is 1.53. The van der Waals surface area contributed by atoms with Crippen LogP contribution >= 0.6 is 11.3 Å². The van der Waals surface area contributed by atoms with Crippen molar-refractivity contribution >= 4 is 23.3 Å². The molecule has 1 saturated heterocycles. The van der Waals surface area contributed by atoms with Gasteiger partial charge in [-0.15, -0.1) is 11.3 Å². The molecule has 2 N–H and O–H groups in total. The van der Waals surface area contributed by atoms with Crippen LogP contribution in [-0.4, -0.2) is 40.1 Å². The van der Waals surface area contributed by atoms with Crippen molar-refractivity contribution in [2.45, 2.75) is 39.7 Å². The molecule has 1 aliphatic heterocycles. The molecule has 1 aromatic rings. The van der Waals surface area contributed by atoms with Crippen LogP contribution in [-0.2, 0) is 4.79 Å². The zero-order chi connectivity index (χ0) is 15.6. The molecule has 116 valence electrons. The quantitative estimate of drug-likeness (QED) is 0.894. The third-order valence-corrected chi connectivity index (χ3v) is 4.99. The lowest BCUT2D eigenvalue weighted by Crippen LogP contribution is -2.42. The fourth-order valence-corrected chi connectivity index (χ4v) is 3.35. The second kappa shape index (κ2) is 6.01. The Hall–Kier alpha value is -1.63. The van der Waals surface area contributed by atoms with E-state index in [2.05, 4.69) is 10.3 Å². The summed E-state index contributed by atoms with van der Waals surface area (Å²) < 4.78 is 0. The van der Waals surface area contributed by atoms with Crippen molar-refractivity contribution in [2.75, 3.05) is 13.1 Å². The van der Waals surface area contributed by atoms with Crippen LogP contribution in [0.25, 0.3) is 0 Å². The number of urea groups is 1. The smallest absolute Gasteiger partial charge is 0.317 e.